The van der Waals surface area contributed by atoms with Gasteiger partial charge in [-0.25, -0.2) is 0 Å². The van der Waals surface area contributed by atoms with Crippen LogP contribution in [0.4, 0.5) is 11.4 Å². The fraction of sp³-hybridized carbons (Fsp3) is 0.310. The van der Waals surface area contributed by atoms with E-state index in [4.69, 9.17) is 9.47 Å². The molecule has 0 radical (unpaired) electrons. The van der Waals surface area contributed by atoms with Gasteiger partial charge in [0, 0.05) is 49.5 Å². The van der Waals surface area contributed by atoms with Crippen LogP contribution >= 0.6 is 0 Å². The van der Waals surface area contributed by atoms with Gasteiger partial charge in [-0.2, -0.15) is 0 Å². The lowest BCUT2D eigenvalue weighted by molar-refractivity contribution is -0.119. The molecule has 2 heterocycles. The smallest absolute Gasteiger partial charge is 0.254 e. The number of rotatable bonds is 6. The monoisotopic (exact) mass is 485 g/mol. The molecule has 0 spiro atoms. The fourth-order valence-electron chi connectivity index (χ4n) is 5.00. The molecule has 1 saturated heterocycles. The minimum absolute atomic E-state index is 0.00360. The Morgan fingerprint density at radius 3 is 2.31 bits per heavy atom. The van der Waals surface area contributed by atoms with E-state index in [1.807, 2.05) is 28.0 Å². The van der Waals surface area contributed by atoms with Crippen molar-refractivity contribution < 1.29 is 19.1 Å². The third-order valence-electron chi connectivity index (χ3n) is 7.01. The first kappa shape index (κ1) is 23.7. The van der Waals surface area contributed by atoms with Crippen molar-refractivity contribution in [2.45, 2.75) is 19.4 Å². The molecule has 1 fully saturated rings. The summed E-state index contributed by atoms with van der Waals surface area (Å²) < 4.78 is 10.6. The topological polar surface area (TPSA) is 62.3 Å². The van der Waals surface area contributed by atoms with Gasteiger partial charge in [0.05, 0.1) is 20.8 Å². The van der Waals surface area contributed by atoms with Crippen molar-refractivity contribution in [1.29, 1.82) is 0 Å². The van der Waals surface area contributed by atoms with Gasteiger partial charge in [-0.15, -0.1) is 0 Å². The summed E-state index contributed by atoms with van der Waals surface area (Å²) in [6.07, 6.45) is 1.28. The predicted octanol–water partition coefficient (Wildman–Crippen LogP) is 4.15. The number of hydrogen-bond acceptors (Lipinski definition) is 5. The molecule has 0 unspecified atom stereocenters. The molecule has 2 amide bonds. The zero-order chi connectivity index (χ0) is 25.1. The number of carbonyl (C=O) groups excluding carboxylic acids is 2. The van der Waals surface area contributed by atoms with Crippen molar-refractivity contribution in [3.63, 3.8) is 0 Å². The van der Waals surface area contributed by atoms with Crippen LogP contribution in [-0.4, -0.2) is 57.1 Å². The highest BCUT2D eigenvalue weighted by Gasteiger charge is 2.27. The van der Waals surface area contributed by atoms with Crippen molar-refractivity contribution in [3.05, 3.63) is 83.4 Å². The van der Waals surface area contributed by atoms with Gasteiger partial charge in [0.1, 0.15) is 0 Å². The molecule has 0 saturated carbocycles. The normalized spacial score (nSPS) is 15.5. The van der Waals surface area contributed by atoms with E-state index >= 15 is 0 Å². The van der Waals surface area contributed by atoms with Gasteiger partial charge in [-0.05, 0) is 53.9 Å². The van der Waals surface area contributed by atoms with E-state index in [0.717, 1.165) is 36.4 Å². The van der Waals surface area contributed by atoms with Crippen molar-refractivity contribution in [3.8, 4) is 11.5 Å². The Bertz CT molecular complexity index is 1250. The second-order valence-electron chi connectivity index (χ2n) is 9.13. The van der Waals surface area contributed by atoms with Crippen LogP contribution in [0.25, 0.3) is 0 Å². The minimum Gasteiger partial charge on any atom is -0.493 e. The van der Waals surface area contributed by atoms with Crippen molar-refractivity contribution in [2.24, 2.45) is 0 Å². The lowest BCUT2D eigenvalue weighted by atomic mass is 9.99. The predicted molar refractivity (Wildman–Crippen MR) is 140 cm³/mol. The second-order valence-corrected chi connectivity index (χ2v) is 9.13. The van der Waals surface area contributed by atoms with Gasteiger partial charge < -0.3 is 24.2 Å². The van der Waals surface area contributed by atoms with Gasteiger partial charge in [-0.3, -0.25) is 9.59 Å². The molecule has 2 aliphatic heterocycles. The number of amides is 2. The molecular formula is C29H31N3O4. The number of ether oxygens (including phenoxy) is 2. The Balaban J connectivity index is 1.26. The van der Waals surface area contributed by atoms with Crippen LogP contribution in [0.5, 0.6) is 11.5 Å². The lowest BCUT2D eigenvalue weighted by Gasteiger charge is -2.37. The Hall–Kier alpha value is -4.00. The Morgan fingerprint density at radius 1 is 0.833 bits per heavy atom. The summed E-state index contributed by atoms with van der Waals surface area (Å²) in [5, 5.41) is 0. The summed E-state index contributed by atoms with van der Waals surface area (Å²) >= 11 is 0. The fourth-order valence-corrected chi connectivity index (χ4v) is 5.00. The molecule has 0 N–H and O–H groups in total. The number of fused-ring (bicyclic) bond motifs is 1. The number of anilines is 2. The standard InChI is InChI=1S/C29H31N3O4/c1-35-26-12-8-23(19-27(26)36-2)29(34)31-16-14-30(15-17-31)24-10-11-25-22(18-24)9-13-28(33)32(25)20-21-6-4-3-5-7-21/h3-8,10-12,18-19H,9,13-17,20H2,1-2H3. The number of benzene rings is 3. The molecular weight excluding hydrogens is 454 g/mol. The summed E-state index contributed by atoms with van der Waals surface area (Å²) in [7, 11) is 3.15. The maximum absolute atomic E-state index is 13.1. The number of piperazine rings is 1. The molecule has 0 atom stereocenters. The van der Waals surface area contributed by atoms with E-state index in [9.17, 15) is 9.59 Å². The molecule has 0 aliphatic carbocycles. The number of nitrogens with zero attached hydrogens (tertiary/aromatic N) is 3. The van der Waals surface area contributed by atoms with E-state index in [2.05, 4.69) is 35.2 Å². The van der Waals surface area contributed by atoms with Crippen LogP contribution in [0.15, 0.2) is 66.7 Å². The number of carbonyl (C=O) groups is 2. The van der Waals surface area contributed by atoms with Crippen LogP contribution in [0.2, 0.25) is 0 Å². The molecule has 0 aromatic heterocycles. The minimum atomic E-state index is -0.00360. The van der Waals surface area contributed by atoms with Gasteiger partial charge in [0.2, 0.25) is 5.91 Å². The van der Waals surface area contributed by atoms with Crippen LogP contribution in [-0.2, 0) is 17.8 Å². The first-order valence-electron chi connectivity index (χ1n) is 12.3. The first-order chi connectivity index (χ1) is 17.6. The highest BCUT2D eigenvalue weighted by atomic mass is 16.5. The SMILES string of the molecule is COc1ccc(C(=O)N2CCN(c3ccc4c(c3)CCC(=O)N4Cc3ccccc3)CC2)cc1OC. The van der Waals surface area contributed by atoms with Gasteiger partial charge in [-0.1, -0.05) is 30.3 Å². The summed E-state index contributed by atoms with van der Waals surface area (Å²) in [4.78, 5) is 31.9. The molecule has 7 nitrogen and oxygen atoms in total. The third kappa shape index (κ3) is 4.73. The van der Waals surface area contributed by atoms with E-state index in [-0.39, 0.29) is 11.8 Å². The molecule has 0 bridgehead atoms. The van der Waals surface area contributed by atoms with E-state index in [1.54, 1.807) is 32.4 Å². The molecule has 3 aromatic carbocycles. The van der Waals surface area contributed by atoms with Crippen LogP contribution in [0.3, 0.4) is 0 Å². The Labute approximate surface area is 211 Å². The first-order valence-corrected chi connectivity index (χ1v) is 12.3. The zero-order valence-corrected chi connectivity index (χ0v) is 20.8. The quantitative estimate of drug-likeness (QED) is 0.525. The molecule has 2 aliphatic rings. The Morgan fingerprint density at radius 2 is 1.58 bits per heavy atom. The van der Waals surface area contributed by atoms with Gasteiger partial charge in [0.15, 0.2) is 11.5 Å². The van der Waals surface area contributed by atoms with Gasteiger partial charge in [0.25, 0.3) is 5.91 Å². The average molecular weight is 486 g/mol. The molecule has 186 valence electrons. The molecule has 3 aromatic rings. The number of aryl methyl sites for hydroxylation is 1. The van der Waals surface area contributed by atoms with E-state index in [0.29, 0.717) is 43.1 Å². The summed E-state index contributed by atoms with van der Waals surface area (Å²) in [6.45, 7) is 3.38. The molecule has 5 rings (SSSR count). The Kier molecular flexibility index (Phi) is 6.80. The van der Waals surface area contributed by atoms with E-state index < -0.39 is 0 Å². The van der Waals surface area contributed by atoms with Crippen molar-refractivity contribution >= 4 is 23.2 Å². The summed E-state index contributed by atoms with van der Waals surface area (Å²) in [5.74, 6) is 1.32. The summed E-state index contributed by atoms with van der Waals surface area (Å²) in [6, 6.07) is 21.8. The van der Waals surface area contributed by atoms with Crippen molar-refractivity contribution in [2.75, 3.05) is 50.2 Å². The maximum Gasteiger partial charge on any atom is 0.254 e. The van der Waals surface area contributed by atoms with Crippen LogP contribution < -0.4 is 19.3 Å². The molecule has 36 heavy (non-hydrogen) atoms. The average Bonchev–Trinajstić information content (AvgIpc) is 2.94. The number of hydrogen-bond donors (Lipinski definition) is 0. The van der Waals surface area contributed by atoms with Gasteiger partial charge >= 0.3 is 0 Å². The zero-order valence-electron chi connectivity index (χ0n) is 20.8. The largest absolute Gasteiger partial charge is 0.493 e. The van der Waals surface area contributed by atoms with Crippen LogP contribution in [0.1, 0.15) is 27.9 Å². The second kappa shape index (κ2) is 10.3. The number of methoxy groups -OCH3 is 2. The highest BCUT2D eigenvalue weighted by molar-refractivity contribution is 5.97. The van der Waals surface area contributed by atoms with Crippen LogP contribution in [0, 0.1) is 0 Å². The summed E-state index contributed by atoms with van der Waals surface area (Å²) in [5.41, 5.74) is 5.06. The third-order valence-corrected chi connectivity index (χ3v) is 7.01. The highest BCUT2D eigenvalue weighted by Crippen LogP contribution is 2.33. The van der Waals surface area contributed by atoms with Crippen molar-refractivity contribution in [1.82, 2.24) is 4.90 Å². The van der Waals surface area contributed by atoms with E-state index in [1.165, 1.54) is 5.56 Å². The lowest BCUT2D eigenvalue weighted by Crippen LogP contribution is -2.48. The molecule has 7 heteroatoms. The maximum atomic E-state index is 13.1.